The van der Waals surface area contributed by atoms with Crippen molar-refractivity contribution in [2.75, 3.05) is 39.4 Å². The van der Waals surface area contributed by atoms with Gasteiger partial charge in [-0.1, -0.05) is 79.2 Å². The first kappa shape index (κ1) is 26.6. The van der Waals surface area contributed by atoms with Gasteiger partial charge in [0.15, 0.2) is 0 Å². The van der Waals surface area contributed by atoms with Gasteiger partial charge >= 0.3 is 0 Å². The Kier molecular flexibility index (Phi) is 16.3. The van der Waals surface area contributed by atoms with Gasteiger partial charge in [-0.3, -0.25) is 9.80 Å². The molecule has 0 heterocycles. The first-order chi connectivity index (χ1) is 13.1. The molecule has 0 spiro atoms. The molecule has 3 nitrogen and oxygen atoms in total. The Morgan fingerprint density at radius 2 is 1.44 bits per heavy atom. The fourth-order valence-corrected chi connectivity index (χ4v) is 4.63. The van der Waals surface area contributed by atoms with Crippen LogP contribution < -0.4 is 0 Å². The molecule has 0 aromatic rings. The van der Waals surface area contributed by atoms with Gasteiger partial charge in [-0.05, 0) is 45.9 Å². The Morgan fingerprint density at radius 3 is 1.93 bits per heavy atom. The Balaban J connectivity index is 5.43. The quantitative estimate of drug-likeness (QED) is 0.197. The molecule has 0 radical (unpaired) electrons. The van der Waals surface area contributed by atoms with Crippen LogP contribution in [0.5, 0.6) is 0 Å². The molecule has 3 heteroatoms. The lowest BCUT2D eigenvalue weighted by atomic mass is 9.80. The van der Waals surface area contributed by atoms with E-state index in [0.717, 1.165) is 45.8 Å². The van der Waals surface area contributed by atoms with Crippen molar-refractivity contribution in [3.05, 3.63) is 12.7 Å². The number of hydrogen-bond acceptors (Lipinski definition) is 3. The van der Waals surface area contributed by atoms with E-state index < -0.39 is 0 Å². The van der Waals surface area contributed by atoms with E-state index in [0.29, 0.717) is 6.04 Å². The van der Waals surface area contributed by atoms with E-state index in [1.54, 1.807) is 0 Å². The van der Waals surface area contributed by atoms with Gasteiger partial charge in [0.1, 0.15) is 0 Å². The van der Waals surface area contributed by atoms with Crippen LogP contribution in [0, 0.1) is 0 Å². The zero-order chi connectivity index (χ0) is 20.5. The fraction of sp³-hybridized carbons (Fsp3) is 0.917. The van der Waals surface area contributed by atoms with Gasteiger partial charge in [0.05, 0.1) is 5.54 Å². The number of nitrogens with zero attached hydrogens (tertiary/aromatic N) is 2. The topological polar surface area (TPSA) is 15.7 Å². The van der Waals surface area contributed by atoms with Crippen molar-refractivity contribution in [1.29, 1.82) is 0 Å². The standard InChI is InChI=1S/C24H50N2O/c1-8-15-16-17-18-19-20-23(25(10-3)11-4)24(9-2,21-22-27-14-7)26(12-5)13-6/h9,23H,2,8,10-22H2,1,3-7H3. The van der Waals surface area contributed by atoms with Crippen LogP contribution in [0.15, 0.2) is 12.7 Å². The van der Waals surface area contributed by atoms with Crippen molar-refractivity contribution < 1.29 is 4.74 Å². The Labute approximate surface area is 171 Å². The highest BCUT2D eigenvalue weighted by atomic mass is 16.5. The zero-order valence-electron chi connectivity index (χ0n) is 19.6. The van der Waals surface area contributed by atoms with Gasteiger partial charge in [-0.15, -0.1) is 6.58 Å². The molecule has 0 aliphatic heterocycles. The highest BCUT2D eigenvalue weighted by molar-refractivity contribution is 5.12. The Morgan fingerprint density at radius 1 is 0.852 bits per heavy atom. The van der Waals surface area contributed by atoms with Crippen molar-refractivity contribution in [2.24, 2.45) is 0 Å². The molecule has 0 amide bonds. The summed E-state index contributed by atoms with van der Waals surface area (Å²) < 4.78 is 5.80. The maximum Gasteiger partial charge on any atom is 0.0566 e. The molecule has 2 atom stereocenters. The molecule has 0 N–H and O–H groups in total. The fourth-order valence-electron chi connectivity index (χ4n) is 4.63. The molecule has 27 heavy (non-hydrogen) atoms. The van der Waals surface area contributed by atoms with Crippen molar-refractivity contribution in [2.45, 2.75) is 104 Å². The van der Waals surface area contributed by atoms with E-state index >= 15 is 0 Å². The minimum Gasteiger partial charge on any atom is -0.382 e. The minimum absolute atomic E-state index is 0.00584. The van der Waals surface area contributed by atoms with Crippen molar-refractivity contribution >= 4 is 0 Å². The van der Waals surface area contributed by atoms with Crippen molar-refractivity contribution in [3.63, 3.8) is 0 Å². The molecular weight excluding hydrogens is 332 g/mol. The number of hydrogen-bond donors (Lipinski definition) is 0. The average molecular weight is 383 g/mol. The zero-order valence-corrected chi connectivity index (χ0v) is 19.6. The smallest absolute Gasteiger partial charge is 0.0566 e. The lowest BCUT2D eigenvalue weighted by Crippen LogP contribution is -2.61. The second-order valence-electron chi connectivity index (χ2n) is 7.61. The van der Waals surface area contributed by atoms with Crippen LogP contribution in [0.25, 0.3) is 0 Å². The molecule has 0 rings (SSSR count). The average Bonchev–Trinajstić information content (AvgIpc) is 2.69. The van der Waals surface area contributed by atoms with Crippen molar-refractivity contribution in [1.82, 2.24) is 9.80 Å². The van der Waals surface area contributed by atoms with Crippen LogP contribution in [-0.4, -0.2) is 60.8 Å². The second kappa shape index (κ2) is 16.6. The van der Waals surface area contributed by atoms with E-state index in [4.69, 9.17) is 4.74 Å². The summed E-state index contributed by atoms with van der Waals surface area (Å²) in [6, 6.07) is 0.511. The Bertz CT molecular complexity index is 339. The van der Waals surface area contributed by atoms with Gasteiger partial charge in [0.2, 0.25) is 0 Å². The maximum absolute atomic E-state index is 5.80. The van der Waals surface area contributed by atoms with Crippen LogP contribution in [-0.2, 0) is 4.74 Å². The van der Waals surface area contributed by atoms with Crippen LogP contribution in [0.4, 0.5) is 0 Å². The summed E-state index contributed by atoms with van der Waals surface area (Å²) in [5.74, 6) is 0. The number of likely N-dealkylation sites (N-methyl/N-ethyl adjacent to an activating group) is 2. The van der Waals surface area contributed by atoms with Crippen LogP contribution in [0.3, 0.4) is 0 Å². The normalized spacial score (nSPS) is 15.3. The predicted octanol–water partition coefficient (Wildman–Crippen LogP) is 6.14. The molecule has 0 fully saturated rings. The largest absolute Gasteiger partial charge is 0.382 e. The summed E-state index contributed by atoms with van der Waals surface area (Å²) in [5, 5.41) is 0. The highest BCUT2D eigenvalue weighted by Crippen LogP contribution is 2.33. The molecule has 0 aliphatic rings. The van der Waals surface area contributed by atoms with E-state index in [1.807, 2.05) is 0 Å². The molecule has 0 aromatic heterocycles. The molecule has 0 saturated carbocycles. The van der Waals surface area contributed by atoms with Crippen LogP contribution in [0.1, 0.15) is 92.9 Å². The monoisotopic (exact) mass is 382 g/mol. The maximum atomic E-state index is 5.80. The number of rotatable bonds is 19. The third kappa shape index (κ3) is 8.66. The predicted molar refractivity (Wildman–Crippen MR) is 122 cm³/mol. The number of ether oxygens (including phenoxy) is 1. The molecule has 0 saturated heterocycles. The molecule has 0 aliphatic carbocycles. The van der Waals surface area contributed by atoms with E-state index in [2.05, 4.69) is 64.0 Å². The minimum atomic E-state index is -0.00584. The Hall–Kier alpha value is -0.380. The molecular formula is C24H50N2O. The summed E-state index contributed by atoms with van der Waals surface area (Å²) in [6.45, 7) is 23.8. The molecule has 2 unspecified atom stereocenters. The van der Waals surface area contributed by atoms with Gasteiger partial charge in [0.25, 0.3) is 0 Å². The molecule has 162 valence electrons. The van der Waals surface area contributed by atoms with Gasteiger partial charge in [-0.25, -0.2) is 0 Å². The van der Waals surface area contributed by atoms with Crippen molar-refractivity contribution in [3.8, 4) is 0 Å². The van der Waals surface area contributed by atoms with E-state index in [9.17, 15) is 0 Å². The summed E-state index contributed by atoms with van der Waals surface area (Å²) in [6.07, 6.45) is 12.7. The summed E-state index contributed by atoms with van der Waals surface area (Å²) >= 11 is 0. The lowest BCUT2D eigenvalue weighted by Gasteiger charge is -2.50. The lowest BCUT2D eigenvalue weighted by molar-refractivity contribution is 0.00392. The van der Waals surface area contributed by atoms with E-state index in [1.165, 1.54) is 44.9 Å². The summed E-state index contributed by atoms with van der Waals surface area (Å²) in [4.78, 5) is 5.29. The molecule has 0 bridgehead atoms. The second-order valence-corrected chi connectivity index (χ2v) is 7.61. The van der Waals surface area contributed by atoms with Gasteiger partial charge in [0, 0.05) is 19.3 Å². The van der Waals surface area contributed by atoms with Gasteiger partial charge in [-0.2, -0.15) is 0 Å². The summed E-state index contributed by atoms with van der Waals surface area (Å²) in [5.41, 5.74) is -0.00584. The van der Waals surface area contributed by atoms with Crippen LogP contribution in [0.2, 0.25) is 0 Å². The SMILES string of the molecule is C=CC(CCOCC)(C(CCCCCCCC)N(CC)CC)N(CC)CC. The third-order valence-corrected chi connectivity index (χ3v) is 6.22. The number of unbranched alkanes of at least 4 members (excludes halogenated alkanes) is 5. The first-order valence-corrected chi connectivity index (χ1v) is 11.8. The third-order valence-electron chi connectivity index (χ3n) is 6.22. The highest BCUT2D eigenvalue weighted by Gasteiger charge is 2.41. The van der Waals surface area contributed by atoms with E-state index in [-0.39, 0.29) is 5.54 Å². The summed E-state index contributed by atoms with van der Waals surface area (Å²) in [7, 11) is 0. The van der Waals surface area contributed by atoms with Crippen LogP contribution >= 0.6 is 0 Å². The molecule has 0 aromatic carbocycles. The first-order valence-electron chi connectivity index (χ1n) is 11.8. The van der Waals surface area contributed by atoms with Gasteiger partial charge < -0.3 is 4.74 Å².